The zero-order chi connectivity index (χ0) is 61.7. The van der Waals surface area contributed by atoms with Crippen LogP contribution < -0.4 is 37.5 Å². The van der Waals surface area contributed by atoms with Crippen LogP contribution in [-0.4, -0.2) is 113 Å². The molecule has 0 bridgehead atoms. The van der Waals surface area contributed by atoms with E-state index in [1.165, 1.54) is 90.3 Å². The number of aromatic nitrogens is 9. The Morgan fingerprint density at radius 1 is 0.558 bits per heavy atom. The highest BCUT2D eigenvalue weighted by molar-refractivity contribution is 9.11. The number of nitrogens with zero attached hydrogens (tertiary/aromatic N) is 11. The van der Waals surface area contributed by atoms with E-state index in [4.69, 9.17) is 5.73 Å². The van der Waals surface area contributed by atoms with E-state index in [2.05, 4.69) is 206 Å². The van der Waals surface area contributed by atoms with Crippen molar-refractivity contribution in [2.45, 2.75) is 137 Å². The Labute approximate surface area is 531 Å². The molecule has 21 heteroatoms. The van der Waals surface area contributed by atoms with Gasteiger partial charge in [0.25, 0.3) is 5.56 Å². The van der Waals surface area contributed by atoms with E-state index < -0.39 is 0 Å². The third-order valence-electron chi connectivity index (χ3n) is 17.9. The summed E-state index contributed by atoms with van der Waals surface area (Å²) in [5, 5.41) is 32.6. The smallest absolute Gasteiger partial charge is 0.269 e. The van der Waals surface area contributed by atoms with Crippen LogP contribution in [0, 0.1) is 34.6 Å². The summed E-state index contributed by atoms with van der Waals surface area (Å²) < 4.78 is 8.64. The fourth-order valence-corrected chi connectivity index (χ4v) is 13.9. The number of halogens is 3. The molecule has 7 N–H and O–H groups in total. The van der Waals surface area contributed by atoms with Crippen LogP contribution in [0.3, 0.4) is 0 Å². The summed E-state index contributed by atoms with van der Waals surface area (Å²) in [6.07, 6.45) is 15.3. The monoisotopic (exact) mass is 1360 g/mol. The molecule has 6 heterocycles. The van der Waals surface area contributed by atoms with Crippen molar-refractivity contribution in [2.75, 3.05) is 66.6 Å². The summed E-state index contributed by atoms with van der Waals surface area (Å²) in [6, 6.07) is 21.2. The van der Waals surface area contributed by atoms with Gasteiger partial charge in [-0.25, -0.2) is 15.0 Å². The zero-order valence-corrected chi connectivity index (χ0v) is 57.0. The number of nitrogen functional groups attached to an aromatic ring is 1. The largest absolute Gasteiger partial charge is 0.398 e. The number of pyridine rings is 3. The Hall–Kier alpha value is -6.52. The second-order valence-corrected chi connectivity index (χ2v) is 26.4. The summed E-state index contributed by atoms with van der Waals surface area (Å²) in [6.45, 7) is 15.2. The highest BCUT2D eigenvalue weighted by Gasteiger charge is 2.28. The third kappa shape index (κ3) is 14.6. The number of rotatable bonds is 16. The summed E-state index contributed by atoms with van der Waals surface area (Å²) in [5.41, 5.74) is 17.7. The molecule has 2 fully saturated rings. The van der Waals surface area contributed by atoms with Crippen LogP contribution in [0.1, 0.15) is 103 Å². The Morgan fingerprint density at radius 3 is 1.45 bits per heavy atom. The van der Waals surface area contributed by atoms with Gasteiger partial charge >= 0.3 is 0 Å². The molecule has 2 aliphatic rings. The number of nitrogens with one attached hydrogen (secondary N) is 5. The van der Waals surface area contributed by atoms with Crippen LogP contribution in [0.4, 0.5) is 34.5 Å². The molecule has 86 heavy (non-hydrogen) atoms. The van der Waals surface area contributed by atoms with E-state index in [0.717, 1.165) is 93.0 Å². The van der Waals surface area contributed by atoms with Gasteiger partial charge in [0, 0.05) is 181 Å². The number of aryl methyl sites for hydroxylation is 5. The van der Waals surface area contributed by atoms with Gasteiger partial charge in [-0.2, -0.15) is 10.2 Å². The number of H-pyrrole nitrogens is 1. The van der Waals surface area contributed by atoms with Gasteiger partial charge in [0.1, 0.15) is 17.5 Å². The van der Waals surface area contributed by atoms with Crippen LogP contribution in [-0.2, 0) is 40.8 Å². The second-order valence-electron chi connectivity index (χ2n) is 23.6. The van der Waals surface area contributed by atoms with Crippen molar-refractivity contribution in [3.05, 3.63) is 142 Å². The molecule has 9 aromatic rings. The summed E-state index contributed by atoms with van der Waals surface area (Å²) in [7, 11) is 14.6. The van der Waals surface area contributed by atoms with Crippen LogP contribution >= 0.6 is 47.8 Å². The molecule has 0 amide bonds. The normalized spacial score (nSPS) is 17.0. The van der Waals surface area contributed by atoms with Crippen LogP contribution in [0.5, 0.6) is 0 Å². The maximum absolute atomic E-state index is 12.3. The molecular weight excluding hydrogens is 1270 g/mol. The fraction of sp³-hybridized carbons (Fsp3) is 0.446. The maximum atomic E-state index is 12.3. The molecule has 2 saturated carbocycles. The van der Waals surface area contributed by atoms with Gasteiger partial charge in [-0.1, -0.05) is 47.8 Å². The zero-order valence-electron chi connectivity index (χ0n) is 52.3. The Bertz CT molecular complexity index is 3890. The molecule has 6 aromatic heterocycles. The molecule has 18 nitrogen and oxygen atoms in total. The number of fused-ring (bicyclic) bond motifs is 3. The quantitative estimate of drug-likeness (QED) is 0.0500. The number of hydrogen-bond acceptors (Lipinski definition) is 14. The number of hydrogen-bond donors (Lipinski definition) is 6. The van der Waals surface area contributed by atoms with Crippen LogP contribution in [0.2, 0.25) is 0 Å². The van der Waals surface area contributed by atoms with Crippen LogP contribution in [0.15, 0.2) is 91.4 Å². The standard InChI is InChI=1S/C25H35BrN6O.C24H33BrN6.C16H18BrN5/c1-6-32(19-9-7-18(8-10-19)30(3)4)23-14-17(26)13-21-20(23)11-12-27-24(21)28-15-22-16(2)31(5)29-25(22)33;1-15-22(16(2)31(5)29-15)14-27-24-21-12-17(25)13-23(20(21)10-11-26-24)28-18-6-8-19(9-7-18)30(3)4;1-9-14(10(2)22(3)21-9)8-20-16-13-6-11(17)7-15(18)12(13)4-5-19-16/h11-14,18-19H,6-10,15H2,1-5H3,(H,27,28)(H,29,33);10-13,18-19,28H,6-9,14H2,1-5H3,(H,26,27);4-7H,8,18H2,1-3H3,(H,19,20). The van der Waals surface area contributed by atoms with E-state index in [1.807, 2.05) is 74.9 Å². The van der Waals surface area contributed by atoms with Gasteiger partial charge in [0.05, 0.1) is 17.0 Å². The molecule has 0 spiro atoms. The Morgan fingerprint density at radius 2 is 0.988 bits per heavy atom. The SMILES string of the molecule is CCN(c1cc(Br)cc2c(NCc3c(C)n(C)[nH]c3=O)nccc12)C1CCC(N(C)C)CC1.Cc1nn(C)c(C)c1CNc1nccc2c(N)cc(Br)cc12.Cc1nn(C)c(C)c1CNc1nccc2c(NC3CCC(N(C)C)CC3)cc(Br)cc12. The number of aromatic amines is 1. The van der Waals surface area contributed by atoms with Crippen molar-refractivity contribution < 1.29 is 0 Å². The predicted octanol–water partition coefficient (Wildman–Crippen LogP) is 13.4. The average Bonchev–Trinajstić information content (AvgIpc) is 2.59. The number of nitrogens with two attached hydrogens (primary N) is 1. The van der Waals surface area contributed by atoms with Gasteiger partial charge in [0.15, 0.2) is 0 Å². The molecule has 0 aliphatic heterocycles. The van der Waals surface area contributed by atoms with Crippen molar-refractivity contribution >= 4 is 115 Å². The lowest BCUT2D eigenvalue weighted by atomic mass is 9.89. The lowest BCUT2D eigenvalue weighted by Crippen LogP contribution is -2.42. The molecular formula is C65H86Br3N17O. The lowest BCUT2D eigenvalue weighted by Gasteiger charge is -2.40. The first-order valence-electron chi connectivity index (χ1n) is 29.9. The highest BCUT2D eigenvalue weighted by atomic mass is 79.9. The van der Waals surface area contributed by atoms with E-state index in [1.54, 1.807) is 10.9 Å². The van der Waals surface area contributed by atoms with Crippen molar-refractivity contribution in [1.82, 2.24) is 54.1 Å². The molecule has 3 aromatic carbocycles. The number of anilines is 6. The first-order valence-corrected chi connectivity index (χ1v) is 32.3. The van der Waals surface area contributed by atoms with Crippen molar-refractivity contribution in [2.24, 2.45) is 21.1 Å². The minimum atomic E-state index is -0.0601. The minimum Gasteiger partial charge on any atom is -0.398 e. The first kappa shape index (κ1) is 64.0. The second kappa shape index (κ2) is 28.1. The van der Waals surface area contributed by atoms with Gasteiger partial charge in [0.2, 0.25) is 0 Å². The molecule has 0 radical (unpaired) electrons. The fourth-order valence-electron chi connectivity index (χ4n) is 12.5. The summed E-state index contributed by atoms with van der Waals surface area (Å²) in [4.78, 5) is 33.3. The summed E-state index contributed by atoms with van der Waals surface area (Å²) in [5.74, 6) is 2.53. The lowest BCUT2D eigenvalue weighted by molar-refractivity contribution is 0.214. The first-order chi connectivity index (χ1) is 41.1. The third-order valence-corrected chi connectivity index (χ3v) is 19.3. The van der Waals surface area contributed by atoms with E-state index >= 15 is 0 Å². The Kier molecular flexibility index (Phi) is 20.9. The molecule has 0 saturated heterocycles. The van der Waals surface area contributed by atoms with Crippen molar-refractivity contribution in [3.63, 3.8) is 0 Å². The van der Waals surface area contributed by atoms with Crippen molar-refractivity contribution in [3.8, 4) is 0 Å². The highest BCUT2D eigenvalue weighted by Crippen LogP contribution is 2.39. The molecule has 0 unspecified atom stereocenters. The minimum absolute atomic E-state index is 0.0601. The van der Waals surface area contributed by atoms with Gasteiger partial charge in [-0.15, -0.1) is 0 Å². The maximum Gasteiger partial charge on any atom is 0.269 e. The average molecular weight is 1360 g/mol. The van der Waals surface area contributed by atoms with Crippen molar-refractivity contribution in [1.29, 1.82) is 0 Å². The van der Waals surface area contributed by atoms with Crippen LogP contribution in [0.25, 0.3) is 32.3 Å². The summed E-state index contributed by atoms with van der Waals surface area (Å²) >= 11 is 11.0. The Balaban J connectivity index is 0.000000157. The van der Waals surface area contributed by atoms with E-state index in [9.17, 15) is 4.79 Å². The molecule has 2 aliphatic carbocycles. The topological polar surface area (TPSA) is 196 Å². The van der Waals surface area contributed by atoms with Gasteiger partial charge in [-0.05, 0) is 176 Å². The van der Waals surface area contributed by atoms with E-state index in [-0.39, 0.29) is 5.56 Å². The molecule has 11 rings (SSSR count). The van der Waals surface area contributed by atoms with Gasteiger partial charge in [-0.3, -0.25) is 23.9 Å². The molecule has 458 valence electrons. The van der Waals surface area contributed by atoms with Gasteiger partial charge < -0.3 is 41.7 Å². The van der Waals surface area contributed by atoms with E-state index in [0.29, 0.717) is 43.8 Å². The number of benzene rings is 3. The predicted molar refractivity (Wildman–Crippen MR) is 367 cm³/mol. The molecule has 0 atom stereocenters.